The molecule has 134 valence electrons. The molecule has 0 unspecified atom stereocenters. The molecule has 4 nitrogen and oxygen atoms in total. The number of rotatable bonds is 3. The van der Waals surface area contributed by atoms with Gasteiger partial charge in [-0.1, -0.05) is 36.9 Å². The lowest BCUT2D eigenvalue weighted by molar-refractivity contribution is 0.321. The number of fused-ring (bicyclic) bond motifs is 1. The Hall–Kier alpha value is -2.01. The third-order valence-corrected chi connectivity index (χ3v) is 6.69. The monoisotopic (exact) mass is 364 g/mol. The van der Waals surface area contributed by atoms with Crippen LogP contribution in [0.5, 0.6) is 0 Å². The molecule has 0 radical (unpaired) electrons. The molecule has 4 heterocycles. The van der Waals surface area contributed by atoms with Gasteiger partial charge in [-0.15, -0.1) is 0 Å². The number of amidine groups is 1. The SMILES string of the molecule is C[C@@H]1CN2C(=N[C@@H](c3ccccn3)[C@H]2c2ccc(N3CCCC3)cc2)S1. The molecular weight excluding hydrogens is 340 g/mol. The van der Waals surface area contributed by atoms with Crippen LogP contribution in [0.3, 0.4) is 0 Å². The molecular formula is C21H24N4S. The molecule has 0 saturated carbocycles. The van der Waals surface area contributed by atoms with Crippen LogP contribution >= 0.6 is 11.8 Å². The highest BCUT2D eigenvalue weighted by Crippen LogP contribution is 2.47. The fourth-order valence-electron chi connectivity index (χ4n) is 4.34. The van der Waals surface area contributed by atoms with Crippen LogP contribution in [0.1, 0.15) is 43.1 Å². The van der Waals surface area contributed by atoms with Crippen molar-refractivity contribution in [1.29, 1.82) is 0 Å². The molecule has 2 aromatic rings. The van der Waals surface area contributed by atoms with E-state index in [1.165, 1.54) is 42.3 Å². The lowest BCUT2D eigenvalue weighted by Crippen LogP contribution is -2.28. The van der Waals surface area contributed by atoms with Gasteiger partial charge in [0.05, 0.1) is 11.7 Å². The largest absolute Gasteiger partial charge is 0.372 e. The van der Waals surface area contributed by atoms with Crippen LogP contribution in [-0.2, 0) is 0 Å². The topological polar surface area (TPSA) is 31.7 Å². The van der Waals surface area contributed by atoms with Crippen molar-refractivity contribution < 1.29 is 0 Å². The summed E-state index contributed by atoms with van der Waals surface area (Å²) in [7, 11) is 0. The van der Waals surface area contributed by atoms with Gasteiger partial charge in [0.15, 0.2) is 5.17 Å². The van der Waals surface area contributed by atoms with Gasteiger partial charge in [0.2, 0.25) is 0 Å². The molecule has 3 aliphatic heterocycles. The van der Waals surface area contributed by atoms with Crippen LogP contribution in [0.25, 0.3) is 0 Å². The molecule has 2 fully saturated rings. The van der Waals surface area contributed by atoms with Crippen molar-refractivity contribution in [3.63, 3.8) is 0 Å². The lowest BCUT2D eigenvalue weighted by atomic mass is 9.96. The minimum absolute atomic E-state index is 0.0869. The minimum atomic E-state index is 0.0869. The summed E-state index contributed by atoms with van der Waals surface area (Å²) in [5, 5.41) is 1.78. The zero-order valence-electron chi connectivity index (χ0n) is 15.1. The van der Waals surface area contributed by atoms with Gasteiger partial charge in [-0.25, -0.2) is 0 Å². The number of benzene rings is 1. The van der Waals surface area contributed by atoms with Gasteiger partial charge in [0, 0.05) is 36.8 Å². The predicted octanol–water partition coefficient (Wildman–Crippen LogP) is 4.27. The van der Waals surface area contributed by atoms with Gasteiger partial charge in [-0.3, -0.25) is 9.98 Å². The number of thioether (sulfide) groups is 1. The maximum absolute atomic E-state index is 5.06. The summed E-state index contributed by atoms with van der Waals surface area (Å²) in [5.41, 5.74) is 3.76. The van der Waals surface area contributed by atoms with E-state index in [1.54, 1.807) is 0 Å². The molecule has 1 aromatic carbocycles. The smallest absolute Gasteiger partial charge is 0.160 e. The predicted molar refractivity (Wildman–Crippen MR) is 109 cm³/mol. The summed E-state index contributed by atoms with van der Waals surface area (Å²) in [6.07, 6.45) is 4.50. The number of aliphatic imine (C=N–C) groups is 1. The molecule has 3 aliphatic rings. The zero-order chi connectivity index (χ0) is 17.5. The van der Waals surface area contributed by atoms with E-state index in [0.717, 1.165) is 12.2 Å². The average Bonchev–Trinajstić information content (AvgIpc) is 3.38. The number of hydrogen-bond acceptors (Lipinski definition) is 5. The molecule has 5 rings (SSSR count). The first-order chi connectivity index (χ1) is 12.8. The first-order valence-electron chi connectivity index (χ1n) is 9.56. The normalized spacial score (nSPS) is 27.7. The first kappa shape index (κ1) is 16.2. The number of anilines is 1. The van der Waals surface area contributed by atoms with Crippen molar-refractivity contribution in [2.24, 2.45) is 4.99 Å². The van der Waals surface area contributed by atoms with Crippen LogP contribution in [0.4, 0.5) is 5.69 Å². The minimum Gasteiger partial charge on any atom is -0.372 e. The molecule has 0 spiro atoms. The third-order valence-electron chi connectivity index (χ3n) is 5.59. The fraction of sp³-hybridized carbons (Fsp3) is 0.429. The molecule has 0 amide bonds. The number of hydrogen-bond donors (Lipinski definition) is 0. The standard InChI is InChI=1S/C21H24N4S/c1-15-14-25-20(16-7-9-17(10-8-16)24-12-4-5-13-24)19(23-21(25)26-15)18-6-2-3-11-22-18/h2-3,6-11,15,19-20H,4-5,12-14H2,1H3/t15-,19+,20-/m1/s1. The number of aromatic nitrogens is 1. The summed E-state index contributed by atoms with van der Waals surface area (Å²) in [5.74, 6) is 0. The summed E-state index contributed by atoms with van der Waals surface area (Å²) in [4.78, 5) is 14.6. The number of pyridine rings is 1. The Balaban J connectivity index is 1.48. The summed E-state index contributed by atoms with van der Waals surface area (Å²) in [6.45, 7) is 5.72. The zero-order valence-corrected chi connectivity index (χ0v) is 15.9. The highest BCUT2D eigenvalue weighted by atomic mass is 32.2. The molecule has 3 atom stereocenters. The summed E-state index contributed by atoms with van der Waals surface area (Å²) >= 11 is 1.90. The van der Waals surface area contributed by atoms with Gasteiger partial charge in [-0.05, 0) is 42.7 Å². The van der Waals surface area contributed by atoms with Gasteiger partial charge in [-0.2, -0.15) is 0 Å². The summed E-state index contributed by atoms with van der Waals surface area (Å²) < 4.78 is 0. The van der Waals surface area contributed by atoms with E-state index in [9.17, 15) is 0 Å². The van der Waals surface area contributed by atoms with Crippen molar-refractivity contribution in [3.8, 4) is 0 Å². The second-order valence-corrected chi connectivity index (χ2v) is 8.83. The van der Waals surface area contributed by atoms with Crippen molar-refractivity contribution >= 4 is 22.6 Å². The molecule has 1 aromatic heterocycles. The van der Waals surface area contributed by atoms with Crippen LogP contribution in [0.15, 0.2) is 53.7 Å². The van der Waals surface area contributed by atoms with Crippen molar-refractivity contribution in [3.05, 3.63) is 59.9 Å². The quantitative estimate of drug-likeness (QED) is 0.814. The van der Waals surface area contributed by atoms with E-state index in [-0.39, 0.29) is 12.1 Å². The molecule has 5 heteroatoms. The highest BCUT2D eigenvalue weighted by molar-refractivity contribution is 8.14. The van der Waals surface area contributed by atoms with Crippen LogP contribution in [-0.4, -0.2) is 39.9 Å². The van der Waals surface area contributed by atoms with Crippen LogP contribution in [0.2, 0.25) is 0 Å². The molecule has 0 bridgehead atoms. The second-order valence-electron chi connectivity index (χ2n) is 7.42. The molecule has 0 aliphatic carbocycles. The van der Waals surface area contributed by atoms with Crippen LogP contribution < -0.4 is 4.90 Å². The van der Waals surface area contributed by atoms with Gasteiger partial charge < -0.3 is 9.80 Å². The van der Waals surface area contributed by atoms with E-state index in [2.05, 4.69) is 58.1 Å². The molecule has 0 N–H and O–H groups in total. The van der Waals surface area contributed by atoms with Crippen molar-refractivity contribution in [2.75, 3.05) is 24.5 Å². The van der Waals surface area contributed by atoms with Gasteiger partial charge >= 0.3 is 0 Å². The highest BCUT2D eigenvalue weighted by Gasteiger charge is 2.43. The number of nitrogens with zero attached hydrogens (tertiary/aromatic N) is 4. The lowest BCUT2D eigenvalue weighted by Gasteiger charge is -2.28. The maximum atomic E-state index is 5.06. The molecule has 2 saturated heterocycles. The fourth-order valence-corrected chi connectivity index (χ4v) is 5.43. The average molecular weight is 365 g/mol. The first-order valence-corrected chi connectivity index (χ1v) is 10.4. The van der Waals surface area contributed by atoms with Gasteiger partial charge in [0.1, 0.15) is 6.04 Å². The molecule has 26 heavy (non-hydrogen) atoms. The van der Waals surface area contributed by atoms with Crippen molar-refractivity contribution in [2.45, 2.75) is 37.1 Å². The third kappa shape index (κ3) is 2.78. The van der Waals surface area contributed by atoms with Crippen LogP contribution in [0, 0.1) is 0 Å². The second kappa shape index (κ2) is 6.62. The Morgan fingerprint density at radius 1 is 1.04 bits per heavy atom. The van der Waals surface area contributed by atoms with E-state index in [0.29, 0.717) is 5.25 Å². The Morgan fingerprint density at radius 3 is 2.58 bits per heavy atom. The Kier molecular flexibility index (Phi) is 4.12. The maximum Gasteiger partial charge on any atom is 0.160 e. The summed E-state index contributed by atoms with van der Waals surface area (Å²) in [6, 6.07) is 15.7. The van der Waals surface area contributed by atoms with E-state index in [1.807, 2.05) is 24.0 Å². The Labute approximate surface area is 159 Å². The van der Waals surface area contributed by atoms with E-state index in [4.69, 9.17) is 4.99 Å². The van der Waals surface area contributed by atoms with Gasteiger partial charge in [0.25, 0.3) is 0 Å². The Morgan fingerprint density at radius 2 is 1.85 bits per heavy atom. The van der Waals surface area contributed by atoms with E-state index >= 15 is 0 Å². The van der Waals surface area contributed by atoms with E-state index < -0.39 is 0 Å². The van der Waals surface area contributed by atoms with Crippen molar-refractivity contribution in [1.82, 2.24) is 9.88 Å². The Bertz CT molecular complexity index is 799.